The fourth-order valence-electron chi connectivity index (χ4n) is 3.13. The van der Waals surface area contributed by atoms with Crippen LogP contribution in [0.5, 0.6) is 5.75 Å². The van der Waals surface area contributed by atoms with Gasteiger partial charge in [0, 0.05) is 18.8 Å². The number of anilines is 1. The minimum atomic E-state index is 0.871. The van der Waals surface area contributed by atoms with Crippen LogP contribution in [0.4, 0.5) is 5.95 Å². The summed E-state index contributed by atoms with van der Waals surface area (Å²) in [7, 11) is 1.69. The third-order valence-electron chi connectivity index (χ3n) is 4.26. The van der Waals surface area contributed by atoms with Gasteiger partial charge in [-0.05, 0) is 49.2 Å². The van der Waals surface area contributed by atoms with Crippen molar-refractivity contribution < 1.29 is 4.74 Å². The van der Waals surface area contributed by atoms with E-state index in [9.17, 15) is 0 Å². The quantitative estimate of drug-likeness (QED) is 0.738. The van der Waals surface area contributed by atoms with E-state index in [1.165, 1.54) is 12.8 Å². The topological polar surface area (TPSA) is 30.3 Å². The largest absolute Gasteiger partial charge is 0.497 e. The average Bonchev–Trinajstić information content (AvgIpc) is 3.22. The fourth-order valence-corrected chi connectivity index (χ4v) is 3.13. The number of hydrogen-bond acceptors (Lipinski definition) is 3. The van der Waals surface area contributed by atoms with E-state index in [1.807, 2.05) is 18.2 Å². The highest BCUT2D eigenvalue weighted by Gasteiger charge is 2.20. The average molecular weight is 293 g/mol. The maximum Gasteiger partial charge on any atom is 0.211 e. The summed E-state index contributed by atoms with van der Waals surface area (Å²) < 4.78 is 7.52. The summed E-state index contributed by atoms with van der Waals surface area (Å²) in [5.41, 5.74) is 3.31. The van der Waals surface area contributed by atoms with Crippen molar-refractivity contribution in [3.8, 4) is 11.4 Å². The van der Waals surface area contributed by atoms with Gasteiger partial charge in [0.25, 0.3) is 0 Å². The molecule has 112 valence electrons. The number of benzene rings is 2. The molecular formula is C18H19N3O. The summed E-state index contributed by atoms with van der Waals surface area (Å²) in [6.07, 6.45) is 2.48. The number of imidazole rings is 1. The molecule has 4 nitrogen and oxygen atoms in total. The lowest BCUT2D eigenvalue weighted by atomic mass is 10.2. The van der Waals surface area contributed by atoms with Gasteiger partial charge in [0.2, 0.25) is 5.95 Å². The van der Waals surface area contributed by atoms with Crippen LogP contribution < -0.4 is 9.64 Å². The Morgan fingerprint density at radius 1 is 0.955 bits per heavy atom. The van der Waals surface area contributed by atoms with E-state index in [1.54, 1.807) is 7.11 Å². The normalized spacial score (nSPS) is 14.7. The molecule has 1 aromatic heterocycles. The van der Waals surface area contributed by atoms with Crippen molar-refractivity contribution in [2.45, 2.75) is 12.8 Å². The van der Waals surface area contributed by atoms with Gasteiger partial charge in [0.05, 0.1) is 18.1 Å². The zero-order valence-corrected chi connectivity index (χ0v) is 12.7. The van der Waals surface area contributed by atoms with E-state index in [0.717, 1.165) is 41.5 Å². The van der Waals surface area contributed by atoms with E-state index in [2.05, 4.69) is 39.8 Å². The monoisotopic (exact) mass is 293 g/mol. The van der Waals surface area contributed by atoms with Gasteiger partial charge in [0.1, 0.15) is 5.75 Å². The van der Waals surface area contributed by atoms with Crippen LogP contribution in [0.3, 0.4) is 0 Å². The number of para-hydroxylation sites is 2. The van der Waals surface area contributed by atoms with E-state index in [0.29, 0.717) is 0 Å². The van der Waals surface area contributed by atoms with Crippen molar-refractivity contribution in [1.82, 2.24) is 9.55 Å². The van der Waals surface area contributed by atoms with Crippen molar-refractivity contribution in [2.24, 2.45) is 0 Å². The van der Waals surface area contributed by atoms with E-state index >= 15 is 0 Å². The maximum atomic E-state index is 5.27. The fraction of sp³-hybridized carbons (Fsp3) is 0.278. The van der Waals surface area contributed by atoms with Crippen molar-refractivity contribution in [2.75, 3.05) is 25.1 Å². The number of methoxy groups -OCH3 is 1. The van der Waals surface area contributed by atoms with Crippen LogP contribution in [0.15, 0.2) is 48.5 Å². The molecule has 1 aliphatic heterocycles. The van der Waals surface area contributed by atoms with Crippen molar-refractivity contribution in [3.05, 3.63) is 48.5 Å². The summed E-state index contributed by atoms with van der Waals surface area (Å²) in [5.74, 6) is 1.92. The Bertz CT molecular complexity index is 786. The van der Waals surface area contributed by atoms with Gasteiger partial charge in [-0.3, -0.25) is 4.57 Å². The highest BCUT2D eigenvalue weighted by atomic mass is 16.5. The Hall–Kier alpha value is -2.49. The molecule has 0 aliphatic carbocycles. The highest BCUT2D eigenvalue weighted by molar-refractivity contribution is 5.81. The molecule has 3 aromatic rings. The summed E-state index contributed by atoms with van der Waals surface area (Å²) in [5, 5.41) is 0. The Morgan fingerprint density at radius 3 is 2.41 bits per heavy atom. The maximum absolute atomic E-state index is 5.27. The molecular weight excluding hydrogens is 274 g/mol. The third kappa shape index (κ3) is 2.11. The molecule has 4 heteroatoms. The molecule has 1 aliphatic rings. The van der Waals surface area contributed by atoms with Crippen LogP contribution in [0.2, 0.25) is 0 Å². The van der Waals surface area contributed by atoms with Crippen molar-refractivity contribution >= 4 is 17.0 Å². The Balaban J connectivity index is 1.90. The molecule has 0 atom stereocenters. The van der Waals surface area contributed by atoms with Crippen LogP contribution in [0.1, 0.15) is 12.8 Å². The van der Waals surface area contributed by atoms with Crippen LogP contribution in [0.25, 0.3) is 16.7 Å². The second-order valence-corrected chi connectivity index (χ2v) is 5.63. The zero-order valence-electron chi connectivity index (χ0n) is 12.7. The first-order valence-corrected chi connectivity index (χ1v) is 7.74. The van der Waals surface area contributed by atoms with Crippen LogP contribution in [0, 0.1) is 0 Å². The SMILES string of the molecule is COc1ccc(-n2c(N3CCCC3)nc3ccccc32)cc1. The molecule has 0 spiro atoms. The standard InChI is InChI=1S/C18H19N3O/c1-22-15-10-8-14(9-11-15)21-17-7-3-2-6-16(17)19-18(21)20-12-4-5-13-20/h2-3,6-11H,4-5,12-13H2,1H3. The van der Waals surface area contributed by atoms with E-state index < -0.39 is 0 Å². The molecule has 0 unspecified atom stereocenters. The summed E-state index contributed by atoms with van der Waals surface area (Å²) in [4.78, 5) is 7.25. The first-order valence-electron chi connectivity index (χ1n) is 7.74. The van der Waals surface area contributed by atoms with Gasteiger partial charge in [-0.15, -0.1) is 0 Å². The number of rotatable bonds is 3. The predicted molar refractivity (Wildman–Crippen MR) is 89.1 cm³/mol. The number of nitrogens with zero attached hydrogens (tertiary/aromatic N) is 3. The summed E-state index contributed by atoms with van der Waals surface area (Å²) >= 11 is 0. The molecule has 22 heavy (non-hydrogen) atoms. The van der Waals surface area contributed by atoms with Gasteiger partial charge in [-0.2, -0.15) is 0 Å². The number of hydrogen-bond donors (Lipinski definition) is 0. The van der Waals surface area contributed by atoms with Gasteiger partial charge in [-0.1, -0.05) is 12.1 Å². The predicted octanol–water partition coefficient (Wildman–Crippen LogP) is 3.63. The van der Waals surface area contributed by atoms with E-state index in [-0.39, 0.29) is 0 Å². The third-order valence-corrected chi connectivity index (χ3v) is 4.26. The minimum Gasteiger partial charge on any atom is -0.497 e. The molecule has 2 aromatic carbocycles. The molecule has 0 saturated carbocycles. The summed E-state index contributed by atoms with van der Waals surface area (Å²) in [6, 6.07) is 16.5. The van der Waals surface area contributed by atoms with Gasteiger partial charge < -0.3 is 9.64 Å². The Kier molecular flexibility index (Phi) is 3.22. The van der Waals surface area contributed by atoms with Gasteiger partial charge >= 0.3 is 0 Å². The molecule has 0 radical (unpaired) electrons. The van der Waals surface area contributed by atoms with Gasteiger partial charge in [0.15, 0.2) is 0 Å². The highest BCUT2D eigenvalue weighted by Crippen LogP contribution is 2.29. The molecule has 0 amide bonds. The lowest BCUT2D eigenvalue weighted by Crippen LogP contribution is -2.21. The van der Waals surface area contributed by atoms with Crippen molar-refractivity contribution in [1.29, 1.82) is 0 Å². The second kappa shape index (κ2) is 5.37. The molecule has 4 rings (SSSR count). The number of fused-ring (bicyclic) bond motifs is 1. The first-order chi connectivity index (χ1) is 10.9. The zero-order chi connectivity index (χ0) is 14.9. The molecule has 2 heterocycles. The second-order valence-electron chi connectivity index (χ2n) is 5.63. The number of ether oxygens (including phenoxy) is 1. The van der Waals surface area contributed by atoms with Crippen LogP contribution >= 0.6 is 0 Å². The first kappa shape index (κ1) is 13.2. The van der Waals surface area contributed by atoms with Crippen molar-refractivity contribution in [3.63, 3.8) is 0 Å². The number of aromatic nitrogens is 2. The Morgan fingerprint density at radius 2 is 1.68 bits per heavy atom. The smallest absolute Gasteiger partial charge is 0.211 e. The molecule has 0 bridgehead atoms. The van der Waals surface area contributed by atoms with Crippen LogP contribution in [-0.2, 0) is 0 Å². The lowest BCUT2D eigenvalue weighted by molar-refractivity contribution is 0.415. The van der Waals surface area contributed by atoms with Gasteiger partial charge in [-0.25, -0.2) is 4.98 Å². The molecule has 0 N–H and O–H groups in total. The lowest BCUT2D eigenvalue weighted by Gasteiger charge is -2.18. The molecule has 1 saturated heterocycles. The van der Waals surface area contributed by atoms with E-state index in [4.69, 9.17) is 9.72 Å². The Labute approximate surface area is 130 Å². The minimum absolute atomic E-state index is 0.871. The molecule has 1 fully saturated rings. The van der Waals surface area contributed by atoms with Crippen LogP contribution in [-0.4, -0.2) is 29.8 Å². The summed E-state index contributed by atoms with van der Waals surface area (Å²) in [6.45, 7) is 2.17.